The van der Waals surface area contributed by atoms with E-state index in [0.29, 0.717) is 17.6 Å². The minimum atomic E-state index is -0.791. The molecule has 1 unspecified atom stereocenters. The smallest absolute Gasteiger partial charge is 0.125 e. The largest absolute Gasteiger partial charge is 0.389 e. The van der Waals surface area contributed by atoms with E-state index in [4.69, 9.17) is 0 Å². The number of nitrogens with zero attached hydrogens (tertiary/aromatic N) is 1. The Morgan fingerprint density at radius 2 is 1.87 bits per heavy atom. The molecule has 5 heteroatoms. The number of fused-ring (bicyclic) bond motifs is 1. The first-order chi connectivity index (χ1) is 11.1. The van der Waals surface area contributed by atoms with Crippen LogP contribution < -0.4 is 5.32 Å². The van der Waals surface area contributed by atoms with Crippen LogP contribution in [0.4, 0.5) is 8.78 Å². The van der Waals surface area contributed by atoms with Gasteiger partial charge in [-0.05, 0) is 54.4 Å². The normalized spacial score (nSPS) is 14.1. The molecule has 1 heterocycles. The molecule has 0 aliphatic rings. The van der Waals surface area contributed by atoms with Gasteiger partial charge in [0, 0.05) is 12.7 Å². The summed E-state index contributed by atoms with van der Waals surface area (Å²) < 4.78 is 29.0. The van der Waals surface area contributed by atoms with Crippen LogP contribution in [-0.4, -0.2) is 29.4 Å². The summed E-state index contributed by atoms with van der Waals surface area (Å²) in [6.07, 6.45) is 0.999. The first-order valence-corrected chi connectivity index (χ1v) is 7.44. The number of nitrogens with one attached hydrogen (secondary N) is 1. The molecule has 0 spiro atoms. The maximum atomic E-state index is 13.6. The predicted octanol–water partition coefficient (Wildman–Crippen LogP) is 3.09. The van der Waals surface area contributed by atoms with Crippen molar-refractivity contribution in [3.63, 3.8) is 0 Å². The second-order valence-electron chi connectivity index (χ2n) is 5.55. The van der Waals surface area contributed by atoms with Crippen LogP contribution in [0.2, 0.25) is 0 Å². The zero-order valence-electron chi connectivity index (χ0n) is 12.7. The summed E-state index contributed by atoms with van der Waals surface area (Å²) in [4.78, 5) is 0. The molecule has 0 saturated carbocycles. The Kier molecular flexibility index (Phi) is 4.41. The highest BCUT2D eigenvalue weighted by molar-refractivity contribution is 5.80. The maximum absolute atomic E-state index is 13.6. The van der Waals surface area contributed by atoms with E-state index in [2.05, 4.69) is 5.32 Å². The Bertz CT molecular complexity index is 816. The summed E-state index contributed by atoms with van der Waals surface area (Å²) in [6, 6.07) is 12.0. The van der Waals surface area contributed by atoms with E-state index in [1.54, 1.807) is 36.0 Å². The van der Waals surface area contributed by atoms with Crippen LogP contribution in [0.25, 0.3) is 10.9 Å². The van der Waals surface area contributed by atoms with Crippen LogP contribution in [0.5, 0.6) is 0 Å². The van der Waals surface area contributed by atoms with E-state index in [1.807, 2.05) is 6.07 Å². The van der Waals surface area contributed by atoms with Crippen LogP contribution in [0, 0.1) is 11.6 Å². The number of likely N-dealkylation sites (N-methyl/N-ethyl adjacent to an activating group) is 1. The number of hydrogen-bond donors (Lipinski definition) is 2. The molecule has 3 nitrogen and oxygen atoms in total. The summed E-state index contributed by atoms with van der Waals surface area (Å²) in [5.74, 6) is -0.717. The molecule has 0 radical (unpaired) electrons. The van der Waals surface area contributed by atoms with Crippen LogP contribution >= 0.6 is 0 Å². The fourth-order valence-electron chi connectivity index (χ4n) is 2.94. The van der Waals surface area contributed by atoms with Gasteiger partial charge in [0.05, 0.1) is 17.7 Å². The van der Waals surface area contributed by atoms with Crippen molar-refractivity contribution in [1.82, 2.24) is 9.88 Å². The van der Waals surface area contributed by atoms with Crippen LogP contribution in [0.1, 0.15) is 11.6 Å². The average molecular weight is 316 g/mol. The van der Waals surface area contributed by atoms with Gasteiger partial charge >= 0.3 is 0 Å². The van der Waals surface area contributed by atoms with E-state index in [1.165, 1.54) is 24.3 Å². The second-order valence-corrected chi connectivity index (χ2v) is 5.55. The predicted molar refractivity (Wildman–Crippen MR) is 86.4 cm³/mol. The van der Waals surface area contributed by atoms with Gasteiger partial charge in [0.15, 0.2) is 0 Å². The van der Waals surface area contributed by atoms with Gasteiger partial charge in [-0.1, -0.05) is 12.1 Å². The van der Waals surface area contributed by atoms with Crippen molar-refractivity contribution < 1.29 is 13.9 Å². The van der Waals surface area contributed by atoms with E-state index < -0.39 is 12.1 Å². The minimum Gasteiger partial charge on any atom is -0.389 e. The molecule has 0 aliphatic heterocycles. The molecular weight excluding hydrogens is 298 g/mol. The number of halogens is 2. The molecule has 120 valence electrons. The lowest BCUT2D eigenvalue weighted by Gasteiger charge is -2.26. The zero-order valence-corrected chi connectivity index (χ0v) is 12.7. The van der Waals surface area contributed by atoms with Gasteiger partial charge in [-0.15, -0.1) is 0 Å². The topological polar surface area (TPSA) is 37.2 Å². The highest BCUT2D eigenvalue weighted by Crippen LogP contribution is 2.28. The third kappa shape index (κ3) is 3.11. The molecule has 2 atom stereocenters. The quantitative estimate of drug-likeness (QED) is 0.759. The fourth-order valence-corrected chi connectivity index (χ4v) is 2.94. The molecule has 0 amide bonds. The molecule has 23 heavy (non-hydrogen) atoms. The first-order valence-electron chi connectivity index (χ1n) is 7.44. The standard InChI is InChI=1S/C18H18F2N2O/c1-21-11-17(23)18(13-3-2-4-14(19)9-13)22-8-7-12-5-6-15(20)10-16(12)22/h2-10,17-18,21,23H,11H2,1H3/t17-,18?/m1/s1. The number of hydrogen-bond acceptors (Lipinski definition) is 2. The Morgan fingerprint density at radius 1 is 1.09 bits per heavy atom. The molecule has 2 aromatic carbocycles. The Balaban J connectivity index is 2.15. The van der Waals surface area contributed by atoms with Gasteiger partial charge in [0.2, 0.25) is 0 Å². The van der Waals surface area contributed by atoms with E-state index >= 15 is 0 Å². The summed E-state index contributed by atoms with van der Waals surface area (Å²) in [5.41, 5.74) is 1.30. The second kappa shape index (κ2) is 6.48. The Labute approximate surface area is 133 Å². The fraction of sp³-hybridized carbons (Fsp3) is 0.222. The van der Waals surface area contributed by atoms with Gasteiger partial charge in [0.1, 0.15) is 11.6 Å². The van der Waals surface area contributed by atoms with E-state index in [9.17, 15) is 13.9 Å². The van der Waals surface area contributed by atoms with Crippen molar-refractivity contribution >= 4 is 10.9 Å². The van der Waals surface area contributed by atoms with Crippen molar-refractivity contribution in [3.8, 4) is 0 Å². The molecule has 0 bridgehead atoms. The number of aliphatic hydroxyl groups is 1. The average Bonchev–Trinajstić information content (AvgIpc) is 2.91. The van der Waals surface area contributed by atoms with Gasteiger partial charge in [-0.3, -0.25) is 0 Å². The summed E-state index contributed by atoms with van der Waals surface area (Å²) in [7, 11) is 1.74. The van der Waals surface area contributed by atoms with Crippen molar-refractivity contribution in [1.29, 1.82) is 0 Å². The SMILES string of the molecule is CNC[C@@H](O)C(c1cccc(F)c1)n1ccc2ccc(F)cc21. The third-order valence-electron chi connectivity index (χ3n) is 3.95. The molecule has 3 aromatic rings. The van der Waals surface area contributed by atoms with Crippen LogP contribution in [0.3, 0.4) is 0 Å². The van der Waals surface area contributed by atoms with Gasteiger partial charge in [0.25, 0.3) is 0 Å². The number of benzene rings is 2. The molecule has 1 aromatic heterocycles. The lowest BCUT2D eigenvalue weighted by atomic mass is 10.0. The van der Waals surface area contributed by atoms with Gasteiger partial charge < -0.3 is 15.0 Å². The minimum absolute atomic E-state index is 0.330. The molecule has 0 aliphatic carbocycles. The van der Waals surface area contributed by atoms with E-state index in [-0.39, 0.29) is 11.6 Å². The van der Waals surface area contributed by atoms with Crippen molar-refractivity contribution in [2.45, 2.75) is 12.1 Å². The lowest BCUT2D eigenvalue weighted by molar-refractivity contribution is 0.132. The molecular formula is C18H18F2N2O. The molecule has 3 rings (SSSR count). The summed E-state index contributed by atoms with van der Waals surface area (Å²) >= 11 is 0. The lowest BCUT2D eigenvalue weighted by Crippen LogP contribution is -2.33. The molecule has 2 N–H and O–H groups in total. The van der Waals surface area contributed by atoms with Crippen molar-refractivity contribution in [2.24, 2.45) is 0 Å². The monoisotopic (exact) mass is 316 g/mol. The van der Waals surface area contributed by atoms with Gasteiger partial charge in [-0.2, -0.15) is 0 Å². The van der Waals surface area contributed by atoms with Crippen LogP contribution in [-0.2, 0) is 0 Å². The zero-order chi connectivity index (χ0) is 16.4. The summed E-state index contributed by atoms with van der Waals surface area (Å²) in [6.45, 7) is 0.330. The van der Waals surface area contributed by atoms with Gasteiger partial charge in [-0.25, -0.2) is 8.78 Å². The molecule has 0 saturated heterocycles. The van der Waals surface area contributed by atoms with Crippen LogP contribution in [0.15, 0.2) is 54.7 Å². The van der Waals surface area contributed by atoms with Crippen molar-refractivity contribution in [2.75, 3.05) is 13.6 Å². The maximum Gasteiger partial charge on any atom is 0.125 e. The highest BCUT2D eigenvalue weighted by Gasteiger charge is 2.24. The summed E-state index contributed by atoms with van der Waals surface area (Å²) in [5, 5.41) is 14.3. The Hall–Kier alpha value is -2.24. The first kappa shape index (κ1) is 15.6. The van der Waals surface area contributed by atoms with Crippen molar-refractivity contribution in [3.05, 3.63) is 71.9 Å². The Morgan fingerprint density at radius 3 is 2.61 bits per heavy atom. The number of aliphatic hydroxyl groups excluding tert-OH is 1. The third-order valence-corrected chi connectivity index (χ3v) is 3.95. The number of rotatable bonds is 5. The molecule has 0 fully saturated rings. The van der Waals surface area contributed by atoms with E-state index in [0.717, 1.165) is 5.39 Å². The number of aromatic nitrogens is 1. The highest BCUT2D eigenvalue weighted by atomic mass is 19.1.